The van der Waals surface area contributed by atoms with Gasteiger partial charge < -0.3 is 10.2 Å². The van der Waals surface area contributed by atoms with Gasteiger partial charge in [0.15, 0.2) is 0 Å². The molecule has 1 saturated heterocycles. The molecule has 94 valence electrons. The summed E-state index contributed by atoms with van der Waals surface area (Å²) in [5, 5.41) is 3.28. The molecule has 2 unspecified atom stereocenters. The summed E-state index contributed by atoms with van der Waals surface area (Å²) in [6, 6.07) is 0.437. The van der Waals surface area contributed by atoms with E-state index in [0.717, 1.165) is 37.4 Å². The van der Waals surface area contributed by atoms with Crippen molar-refractivity contribution in [2.24, 2.45) is 0 Å². The molecule has 0 aromatic carbocycles. The lowest BCUT2D eigenvalue weighted by Crippen LogP contribution is -2.54. The minimum Gasteiger partial charge on any atom is -0.338 e. The number of nitrogens with one attached hydrogen (secondary N) is 1. The summed E-state index contributed by atoms with van der Waals surface area (Å²) in [7, 11) is 0. The molecule has 0 aliphatic carbocycles. The monoisotopic (exact) mass is 244 g/mol. The molecule has 4 heteroatoms. The smallest absolute Gasteiger partial charge is 0.239 e. The van der Waals surface area contributed by atoms with Crippen molar-refractivity contribution in [1.29, 1.82) is 0 Å². The highest BCUT2D eigenvalue weighted by molar-refractivity contribution is 7.99. The van der Waals surface area contributed by atoms with E-state index in [4.69, 9.17) is 0 Å². The highest BCUT2D eigenvalue weighted by atomic mass is 32.2. The first-order valence-electron chi connectivity index (χ1n) is 6.32. The minimum absolute atomic E-state index is 0.0628. The molecule has 16 heavy (non-hydrogen) atoms. The van der Waals surface area contributed by atoms with Crippen LogP contribution in [0.5, 0.6) is 0 Å². The summed E-state index contributed by atoms with van der Waals surface area (Å²) >= 11 is 1.91. The molecule has 1 rings (SSSR count). The van der Waals surface area contributed by atoms with Gasteiger partial charge in [0.25, 0.3) is 0 Å². The number of carbonyl (C=O) groups excluding carboxylic acids is 1. The predicted octanol–water partition coefficient (Wildman–Crippen LogP) is 1.73. The number of hydrogen-bond donors (Lipinski definition) is 1. The van der Waals surface area contributed by atoms with E-state index in [-0.39, 0.29) is 6.04 Å². The van der Waals surface area contributed by atoms with Gasteiger partial charge in [-0.3, -0.25) is 4.79 Å². The van der Waals surface area contributed by atoms with Crippen LogP contribution in [0.1, 0.15) is 33.6 Å². The summed E-state index contributed by atoms with van der Waals surface area (Å²) in [5.74, 6) is 2.49. The molecule has 0 radical (unpaired) electrons. The van der Waals surface area contributed by atoms with Crippen molar-refractivity contribution in [2.45, 2.75) is 45.7 Å². The SMILES string of the molecule is CCNC1CCCN(C(C)CSCC)C1=O. The Morgan fingerprint density at radius 3 is 2.94 bits per heavy atom. The number of piperidine rings is 1. The number of carbonyl (C=O) groups is 1. The molecule has 0 aromatic rings. The first-order valence-corrected chi connectivity index (χ1v) is 7.47. The highest BCUT2D eigenvalue weighted by Crippen LogP contribution is 2.17. The topological polar surface area (TPSA) is 32.3 Å². The average molecular weight is 244 g/mol. The van der Waals surface area contributed by atoms with Crippen molar-refractivity contribution in [3.63, 3.8) is 0 Å². The first-order chi connectivity index (χ1) is 7.70. The molecule has 1 amide bonds. The third kappa shape index (κ3) is 3.67. The van der Waals surface area contributed by atoms with E-state index in [1.807, 2.05) is 11.8 Å². The van der Waals surface area contributed by atoms with Crippen LogP contribution in [0.15, 0.2) is 0 Å². The zero-order valence-corrected chi connectivity index (χ0v) is 11.5. The summed E-state index contributed by atoms with van der Waals surface area (Å²) < 4.78 is 0. The molecular formula is C12H24N2OS. The Morgan fingerprint density at radius 1 is 1.56 bits per heavy atom. The Labute approximate surface area is 103 Å². The Kier molecular flexibility index (Phi) is 6.21. The molecule has 0 saturated carbocycles. The second kappa shape index (κ2) is 7.17. The van der Waals surface area contributed by atoms with E-state index in [9.17, 15) is 4.79 Å². The lowest BCUT2D eigenvalue weighted by atomic mass is 10.0. The average Bonchev–Trinajstić information content (AvgIpc) is 2.29. The number of hydrogen-bond acceptors (Lipinski definition) is 3. The predicted molar refractivity (Wildman–Crippen MR) is 70.9 cm³/mol. The van der Waals surface area contributed by atoms with Gasteiger partial charge in [0.2, 0.25) is 5.91 Å². The van der Waals surface area contributed by atoms with E-state index >= 15 is 0 Å². The van der Waals surface area contributed by atoms with Gasteiger partial charge in [-0.1, -0.05) is 13.8 Å². The second-order valence-corrected chi connectivity index (χ2v) is 5.61. The van der Waals surface area contributed by atoms with Gasteiger partial charge in [-0.25, -0.2) is 0 Å². The van der Waals surface area contributed by atoms with Crippen LogP contribution in [0.3, 0.4) is 0 Å². The normalized spacial score (nSPS) is 23.6. The molecule has 1 aliphatic rings. The van der Waals surface area contributed by atoms with Gasteiger partial charge in [0.1, 0.15) is 0 Å². The number of nitrogens with zero attached hydrogens (tertiary/aromatic N) is 1. The van der Waals surface area contributed by atoms with Crippen LogP contribution in [0.25, 0.3) is 0 Å². The number of likely N-dealkylation sites (tertiary alicyclic amines) is 1. The molecule has 2 atom stereocenters. The zero-order chi connectivity index (χ0) is 12.0. The molecule has 1 aliphatic heterocycles. The number of thioether (sulfide) groups is 1. The van der Waals surface area contributed by atoms with Gasteiger partial charge in [-0.2, -0.15) is 11.8 Å². The fourth-order valence-corrected chi connectivity index (χ4v) is 2.91. The third-order valence-corrected chi connectivity index (χ3v) is 4.15. The second-order valence-electron chi connectivity index (χ2n) is 4.29. The quantitative estimate of drug-likeness (QED) is 0.772. The van der Waals surface area contributed by atoms with Crippen molar-refractivity contribution < 1.29 is 4.79 Å². The maximum Gasteiger partial charge on any atom is 0.239 e. The van der Waals surface area contributed by atoms with Crippen molar-refractivity contribution in [1.82, 2.24) is 10.2 Å². The van der Waals surface area contributed by atoms with Crippen molar-refractivity contribution in [2.75, 3.05) is 24.6 Å². The molecule has 1 fully saturated rings. The van der Waals surface area contributed by atoms with Crippen molar-refractivity contribution >= 4 is 17.7 Å². The lowest BCUT2D eigenvalue weighted by molar-refractivity contribution is -0.137. The Balaban J connectivity index is 2.48. The zero-order valence-electron chi connectivity index (χ0n) is 10.7. The van der Waals surface area contributed by atoms with Gasteiger partial charge >= 0.3 is 0 Å². The van der Waals surface area contributed by atoms with Crippen LogP contribution < -0.4 is 5.32 Å². The van der Waals surface area contributed by atoms with Crippen LogP contribution in [0.4, 0.5) is 0 Å². The third-order valence-electron chi connectivity index (χ3n) is 3.02. The largest absolute Gasteiger partial charge is 0.338 e. The van der Waals surface area contributed by atoms with Crippen LogP contribution in [0, 0.1) is 0 Å². The fourth-order valence-electron chi connectivity index (χ4n) is 2.15. The number of rotatable bonds is 6. The molecule has 3 nitrogen and oxygen atoms in total. The Hall–Kier alpha value is -0.220. The van der Waals surface area contributed by atoms with E-state index in [0.29, 0.717) is 11.9 Å². The van der Waals surface area contributed by atoms with E-state index in [2.05, 4.69) is 31.0 Å². The van der Waals surface area contributed by atoms with E-state index < -0.39 is 0 Å². The minimum atomic E-state index is 0.0628. The first kappa shape index (κ1) is 13.8. The Bertz CT molecular complexity index is 221. The standard InChI is InChI=1S/C12H24N2OS/c1-4-13-11-7-6-8-14(12(11)15)10(3)9-16-5-2/h10-11,13H,4-9H2,1-3H3. The molecule has 0 spiro atoms. The number of amides is 1. The molecule has 1 N–H and O–H groups in total. The molecule has 0 aromatic heterocycles. The van der Waals surface area contributed by atoms with Gasteiger partial charge in [0, 0.05) is 18.3 Å². The summed E-state index contributed by atoms with van der Waals surface area (Å²) in [4.78, 5) is 14.2. The van der Waals surface area contributed by atoms with Gasteiger partial charge in [-0.05, 0) is 32.1 Å². The van der Waals surface area contributed by atoms with Crippen LogP contribution in [-0.2, 0) is 4.79 Å². The van der Waals surface area contributed by atoms with Gasteiger partial charge in [0.05, 0.1) is 6.04 Å². The maximum absolute atomic E-state index is 12.2. The Morgan fingerprint density at radius 2 is 2.31 bits per heavy atom. The summed E-state index contributed by atoms with van der Waals surface area (Å²) in [6.45, 7) is 8.20. The summed E-state index contributed by atoms with van der Waals surface area (Å²) in [6.07, 6.45) is 2.13. The van der Waals surface area contributed by atoms with E-state index in [1.165, 1.54) is 0 Å². The van der Waals surface area contributed by atoms with Crippen molar-refractivity contribution in [3.8, 4) is 0 Å². The van der Waals surface area contributed by atoms with Crippen LogP contribution in [0.2, 0.25) is 0 Å². The molecule has 0 bridgehead atoms. The maximum atomic E-state index is 12.2. The van der Waals surface area contributed by atoms with Crippen LogP contribution >= 0.6 is 11.8 Å². The highest BCUT2D eigenvalue weighted by Gasteiger charge is 2.30. The molecular weight excluding hydrogens is 220 g/mol. The van der Waals surface area contributed by atoms with Gasteiger partial charge in [-0.15, -0.1) is 0 Å². The molecule has 1 heterocycles. The summed E-state index contributed by atoms with van der Waals surface area (Å²) in [5.41, 5.74) is 0. The number of likely N-dealkylation sites (N-methyl/N-ethyl adjacent to an activating group) is 1. The fraction of sp³-hybridized carbons (Fsp3) is 0.917. The van der Waals surface area contributed by atoms with Crippen molar-refractivity contribution in [3.05, 3.63) is 0 Å². The van der Waals surface area contributed by atoms with Crippen LogP contribution in [-0.4, -0.2) is 47.5 Å². The van der Waals surface area contributed by atoms with E-state index in [1.54, 1.807) is 0 Å². The lowest BCUT2D eigenvalue weighted by Gasteiger charge is -2.36.